The highest BCUT2D eigenvalue weighted by molar-refractivity contribution is 5.72. The Morgan fingerprint density at radius 1 is 1.00 bits per heavy atom. The lowest BCUT2D eigenvalue weighted by atomic mass is 10.1. The van der Waals surface area contributed by atoms with Gasteiger partial charge in [-0.15, -0.1) is 10.1 Å². The fourth-order valence-electron chi connectivity index (χ4n) is 2.55. The number of rotatable bonds is 17. The molecule has 0 aliphatic heterocycles. The van der Waals surface area contributed by atoms with Gasteiger partial charge in [0.05, 0.1) is 0 Å². The van der Waals surface area contributed by atoms with E-state index in [-0.39, 0.29) is 6.42 Å². The van der Waals surface area contributed by atoms with Gasteiger partial charge in [0.2, 0.25) is 6.10 Å². The van der Waals surface area contributed by atoms with Gasteiger partial charge in [-0.3, -0.25) is 4.84 Å². The van der Waals surface area contributed by atoms with E-state index in [1.165, 1.54) is 38.5 Å². The minimum Gasteiger partial charge on any atom is -0.480 e. The van der Waals surface area contributed by atoms with E-state index in [0.29, 0.717) is 6.42 Å². The molecule has 0 aliphatic rings. The lowest BCUT2D eigenvalue weighted by molar-refractivity contribution is -0.765. The molecule has 0 heterocycles. The van der Waals surface area contributed by atoms with Crippen LogP contribution in [-0.4, -0.2) is 22.3 Å². The summed E-state index contributed by atoms with van der Waals surface area (Å²) >= 11 is 0. The Kier molecular flexibility index (Phi) is 15.2. The Hall–Kier alpha value is -1.59. The van der Waals surface area contributed by atoms with Crippen LogP contribution >= 0.6 is 0 Å². The molecule has 0 aromatic heterocycles. The summed E-state index contributed by atoms with van der Waals surface area (Å²) in [5.74, 6) is -1.27. The number of unbranched alkanes of at least 4 members (excludes halogenated alkanes) is 10. The number of allylic oxidation sites excluding steroid dienone is 2. The smallest absolute Gasteiger partial charge is 0.332 e. The molecule has 0 aromatic rings. The minimum absolute atomic E-state index is 0.185. The van der Waals surface area contributed by atoms with Crippen LogP contribution in [0.5, 0.6) is 0 Å². The number of carbonyl (C=O) groups is 1. The van der Waals surface area contributed by atoms with Crippen molar-refractivity contribution in [3.63, 3.8) is 0 Å². The highest BCUT2D eigenvalue weighted by atomic mass is 17.0. The quantitative estimate of drug-likeness (QED) is 0.168. The maximum absolute atomic E-state index is 10.8. The number of carboxylic acids is 1. The van der Waals surface area contributed by atoms with Gasteiger partial charge in [0.1, 0.15) is 0 Å². The first-order chi connectivity index (χ1) is 11.6. The molecule has 0 aliphatic carbocycles. The van der Waals surface area contributed by atoms with E-state index in [2.05, 4.69) is 23.9 Å². The highest BCUT2D eigenvalue weighted by Gasteiger charge is 2.20. The van der Waals surface area contributed by atoms with Crippen molar-refractivity contribution in [3.8, 4) is 0 Å². The standard InChI is InChI=1S/C18H33NO5/c1-2-3-4-5-6-7-8-9-10-11-12-13-14-15-16-17(18(20)21)24-19(22)23/h9-10,17H,2-8,11-16H2,1H3,(H,20,21)/b10-9-. The molecule has 0 amide bonds. The zero-order valence-electron chi connectivity index (χ0n) is 15.0. The normalized spacial score (nSPS) is 12.4. The first kappa shape index (κ1) is 22.4. The fourth-order valence-corrected chi connectivity index (χ4v) is 2.55. The molecule has 0 aromatic carbocycles. The van der Waals surface area contributed by atoms with Crippen molar-refractivity contribution in [1.82, 2.24) is 0 Å². The Balaban J connectivity index is 3.42. The van der Waals surface area contributed by atoms with Crippen LogP contribution in [-0.2, 0) is 9.63 Å². The van der Waals surface area contributed by atoms with Crippen LogP contribution in [0.2, 0.25) is 0 Å². The first-order valence-electron chi connectivity index (χ1n) is 9.27. The van der Waals surface area contributed by atoms with Gasteiger partial charge in [0.25, 0.3) is 5.09 Å². The predicted molar refractivity (Wildman–Crippen MR) is 94.3 cm³/mol. The largest absolute Gasteiger partial charge is 0.480 e. The van der Waals surface area contributed by atoms with Gasteiger partial charge < -0.3 is 5.11 Å². The van der Waals surface area contributed by atoms with Crippen LogP contribution in [0.1, 0.15) is 90.4 Å². The lowest BCUT2D eigenvalue weighted by Gasteiger charge is -2.09. The summed E-state index contributed by atoms with van der Waals surface area (Å²) in [5, 5.41) is 17.9. The highest BCUT2D eigenvalue weighted by Crippen LogP contribution is 2.11. The third-order valence-electron chi connectivity index (χ3n) is 3.97. The molecule has 1 unspecified atom stereocenters. The van der Waals surface area contributed by atoms with Gasteiger partial charge in [-0.1, -0.05) is 70.4 Å². The van der Waals surface area contributed by atoms with Crippen molar-refractivity contribution in [2.24, 2.45) is 0 Å². The van der Waals surface area contributed by atoms with Gasteiger partial charge in [-0.2, -0.15) is 0 Å². The topological polar surface area (TPSA) is 89.7 Å². The minimum atomic E-state index is -1.34. The van der Waals surface area contributed by atoms with Gasteiger partial charge in [0, 0.05) is 0 Å². The second kappa shape index (κ2) is 16.3. The molecule has 0 spiro atoms. The van der Waals surface area contributed by atoms with Crippen molar-refractivity contribution >= 4 is 5.97 Å². The van der Waals surface area contributed by atoms with Gasteiger partial charge in [-0.25, -0.2) is 4.79 Å². The van der Waals surface area contributed by atoms with Crippen LogP contribution in [0.4, 0.5) is 0 Å². The van der Waals surface area contributed by atoms with Crippen molar-refractivity contribution in [1.29, 1.82) is 0 Å². The molecule has 1 atom stereocenters. The van der Waals surface area contributed by atoms with E-state index in [0.717, 1.165) is 32.1 Å². The molecule has 1 N–H and O–H groups in total. The molecule has 0 fully saturated rings. The molecule has 140 valence electrons. The van der Waals surface area contributed by atoms with E-state index in [4.69, 9.17) is 5.11 Å². The Morgan fingerprint density at radius 3 is 2.00 bits per heavy atom. The van der Waals surface area contributed by atoms with Crippen LogP contribution in [0.3, 0.4) is 0 Å². The second-order valence-electron chi connectivity index (χ2n) is 6.18. The molecular formula is C18H33NO5. The van der Waals surface area contributed by atoms with Crippen LogP contribution in [0, 0.1) is 10.1 Å². The SMILES string of the molecule is CCCCCCCC/C=C\CCCCCCC(O[N+](=O)[O-])C(=O)O. The molecule has 0 bridgehead atoms. The van der Waals surface area contributed by atoms with E-state index < -0.39 is 17.2 Å². The zero-order valence-corrected chi connectivity index (χ0v) is 15.0. The molecule has 6 nitrogen and oxygen atoms in total. The summed E-state index contributed by atoms with van der Waals surface area (Å²) in [6.07, 6.45) is 17.0. The van der Waals surface area contributed by atoms with Gasteiger partial charge in [0.15, 0.2) is 0 Å². The fraction of sp³-hybridized carbons (Fsp3) is 0.833. The summed E-state index contributed by atoms with van der Waals surface area (Å²) in [4.78, 5) is 25.1. The van der Waals surface area contributed by atoms with Crippen LogP contribution < -0.4 is 0 Å². The number of carboxylic acid groups (broad SMARTS) is 1. The summed E-state index contributed by atoms with van der Waals surface area (Å²) in [6.45, 7) is 2.23. The Labute approximate surface area is 145 Å². The average molecular weight is 343 g/mol. The summed E-state index contributed by atoms with van der Waals surface area (Å²) < 4.78 is 0. The van der Waals surface area contributed by atoms with E-state index in [1.54, 1.807) is 0 Å². The molecule has 0 saturated carbocycles. The maximum atomic E-state index is 10.8. The lowest BCUT2D eigenvalue weighted by Crippen LogP contribution is -2.26. The average Bonchev–Trinajstić information content (AvgIpc) is 2.53. The molecule has 24 heavy (non-hydrogen) atoms. The van der Waals surface area contributed by atoms with E-state index >= 15 is 0 Å². The monoisotopic (exact) mass is 343 g/mol. The van der Waals surface area contributed by atoms with Gasteiger partial charge >= 0.3 is 5.97 Å². The summed E-state index contributed by atoms with van der Waals surface area (Å²) in [7, 11) is 0. The molecule has 0 rings (SSSR count). The predicted octanol–water partition coefficient (Wildman–Crippen LogP) is 5.30. The number of hydrogen-bond acceptors (Lipinski definition) is 4. The molecule has 0 radical (unpaired) electrons. The van der Waals surface area contributed by atoms with Crippen molar-refractivity contribution in [3.05, 3.63) is 22.3 Å². The van der Waals surface area contributed by atoms with E-state index in [1.807, 2.05) is 0 Å². The van der Waals surface area contributed by atoms with Gasteiger partial charge in [-0.05, 0) is 32.1 Å². The first-order valence-corrected chi connectivity index (χ1v) is 9.27. The molecule has 6 heteroatoms. The number of hydrogen-bond donors (Lipinski definition) is 1. The number of nitrogens with zero attached hydrogens (tertiary/aromatic N) is 1. The third kappa shape index (κ3) is 15.3. The number of aliphatic carboxylic acids is 1. The molecule has 0 saturated heterocycles. The van der Waals surface area contributed by atoms with Crippen molar-refractivity contribution in [2.75, 3.05) is 0 Å². The second-order valence-corrected chi connectivity index (χ2v) is 6.18. The van der Waals surface area contributed by atoms with Crippen molar-refractivity contribution < 1.29 is 19.8 Å². The third-order valence-corrected chi connectivity index (χ3v) is 3.97. The Bertz CT molecular complexity index is 357. The van der Waals surface area contributed by atoms with Crippen LogP contribution in [0.15, 0.2) is 12.2 Å². The molecular weight excluding hydrogens is 310 g/mol. The Morgan fingerprint density at radius 2 is 1.50 bits per heavy atom. The maximum Gasteiger partial charge on any atom is 0.332 e. The van der Waals surface area contributed by atoms with Crippen molar-refractivity contribution in [2.45, 2.75) is 96.5 Å². The summed E-state index contributed by atoms with van der Waals surface area (Å²) in [5.41, 5.74) is 0. The van der Waals surface area contributed by atoms with E-state index in [9.17, 15) is 14.9 Å². The van der Waals surface area contributed by atoms with Crippen LogP contribution in [0.25, 0.3) is 0 Å². The summed E-state index contributed by atoms with van der Waals surface area (Å²) in [6, 6.07) is 0. The zero-order chi connectivity index (χ0) is 18.0.